The highest BCUT2D eigenvalue weighted by molar-refractivity contribution is 5.76. The van der Waals surface area contributed by atoms with Gasteiger partial charge in [0.05, 0.1) is 18.8 Å². The molecule has 0 aromatic heterocycles. The molecule has 0 aromatic carbocycles. The van der Waals surface area contributed by atoms with E-state index in [4.69, 9.17) is 0 Å². The molecule has 2 unspecified atom stereocenters. The van der Waals surface area contributed by atoms with Crippen LogP contribution in [0.25, 0.3) is 0 Å². The summed E-state index contributed by atoms with van der Waals surface area (Å²) in [7, 11) is 0. The highest BCUT2D eigenvalue weighted by Crippen LogP contribution is 2.17. The van der Waals surface area contributed by atoms with Gasteiger partial charge in [-0.2, -0.15) is 0 Å². The Hall–Kier alpha value is -1.39. The van der Waals surface area contributed by atoms with E-state index in [-0.39, 0.29) is 12.5 Å². The fraction of sp³-hybridized carbons (Fsp3) is 0.870. The highest BCUT2D eigenvalue weighted by atomic mass is 16.3. The minimum atomic E-state index is -0.660. The molecule has 0 aliphatic rings. The number of aliphatic hydroxyl groups excluding tert-OH is 2. The zero-order chi connectivity index (χ0) is 42.1. The van der Waals surface area contributed by atoms with Crippen LogP contribution in [0, 0.1) is 0 Å². The summed E-state index contributed by atoms with van der Waals surface area (Å²) in [6, 6.07) is -0.537. The van der Waals surface area contributed by atoms with E-state index >= 15 is 0 Å². The molecule has 58 heavy (non-hydrogen) atoms. The second-order valence-electron chi connectivity index (χ2n) is 17.9. The van der Waals surface area contributed by atoms with Crippen LogP contribution < -0.4 is 5.32 Å². The van der Waals surface area contributed by atoms with Crippen molar-refractivity contribution >= 4 is 5.91 Å². The third-order valence-corrected chi connectivity index (χ3v) is 12.2. The van der Waals surface area contributed by atoms with Crippen molar-refractivity contribution in [1.29, 1.82) is 0 Å². The van der Waals surface area contributed by atoms with Crippen molar-refractivity contribution in [2.45, 2.75) is 296 Å². The van der Waals surface area contributed by atoms with Crippen molar-refractivity contribution < 1.29 is 15.0 Å². The lowest BCUT2D eigenvalue weighted by Gasteiger charge is -2.22. The Morgan fingerprint density at radius 3 is 1.05 bits per heavy atom. The van der Waals surface area contributed by atoms with Crippen LogP contribution in [-0.4, -0.2) is 34.9 Å². The topological polar surface area (TPSA) is 69.6 Å². The van der Waals surface area contributed by atoms with Gasteiger partial charge in [-0.3, -0.25) is 4.79 Å². The first-order chi connectivity index (χ1) is 28.7. The summed E-state index contributed by atoms with van der Waals surface area (Å²) in [5.41, 5.74) is 0. The average Bonchev–Trinajstić information content (AvgIpc) is 3.23. The first kappa shape index (κ1) is 56.6. The Bertz CT molecular complexity index is 882. The number of nitrogens with one attached hydrogen (secondary N) is 1. The molecule has 4 heteroatoms. The molecule has 0 spiro atoms. The molecule has 342 valence electrons. The van der Waals surface area contributed by atoms with Gasteiger partial charge in [-0.25, -0.2) is 0 Å². The number of hydrogen-bond donors (Lipinski definition) is 3. The van der Waals surface area contributed by atoms with E-state index in [1.165, 1.54) is 218 Å². The molecular formula is C54H103NO3. The van der Waals surface area contributed by atoms with Crippen LogP contribution in [-0.2, 0) is 4.79 Å². The molecule has 1 amide bonds. The quantitative estimate of drug-likeness (QED) is 0.0423. The molecule has 3 N–H and O–H groups in total. The van der Waals surface area contributed by atoms with Crippen molar-refractivity contribution in [2.75, 3.05) is 6.61 Å². The highest BCUT2D eigenvalue weighted by Gasteiger charge is 2.20. The van der Waals surface area contributed by atoms with Crippen molar-refractivity contribution in [1.82, 2.24) is 5.32 Å². The number of unbranched alkanes of at least 4 members (excludes halogenated alkanes) is 35. The second kappa shape index (κ2) is 50.0. The fourth-order valence-electron chi connectivity index (χ4n) is 8.13. The van der Waals surface area contributed by atoms with Crippen LogP contribution in [0.3, 0.4) is 0 Å². The summed E-state index contributed by atoms with van der Waals surface area (Å²) in [6.07, 6.45) is 66.8. The van der Waals surface area contributed by atoms with Crippen molar-refractivity contribution in [3.63, 3.8) is 0 Å². The van der Waals surface area contributed by atoms with Crippen molar-refractivity contribution in [2.24, 2.45) is 0 Å². The summed E-state index contributed by atoms with van der Waals surface area (Å²) < 4.78 is 0. The van der Waals surface area contributed by atoms with Gasteiger partial charge in [0.25, 0.3) is 0 Å². The van der Waals surface area contributed by atoms with Crippen LogP contribution in [0.2, 0.25) is 0 Å². The van der Waals surface area contributed by atoms with Gasteiger partial charge in [-0.1, -0.05) is 262 Å². The number of hydrogen-bond acceptors (Lipinski definition) is 3. The van der Waals surface area contributed by atoms with E-state index in [1.54, 1.807) is 0 Å². The molecule has 0 bridgehead atoms. The van der Waals surface area contributed by atoms with Crippen molar-refractivity contribution in [3.8, 4) is 0 Å². The Morgan fingerprint density at radius 1 is 0.414 bits per heavy atom. The number of rotatable bonds is 48. The molecule has 0 fully saturated rings. The van der Waals surface area contributed by atoms with Gasteiger partial charge < -0.3 is 15.5 Å². The molecule has 0 heterocycles. The maximum absolute atomic E-state index is 12.5. The average molecular weight is 814 g/mol. The minimum Gasteiger partial charge on any atom is -0.394 e. The summed E-state index contributed by atoms with van der Waals surface area (Å²) in [5.74, 6) is -0.0307. The van der Waals surface area contributed by atoms with E-state index in [0.717, 1.165) is 38.5 Å². The van der Waals surface area contributed by atoms with Crippen LogP contribution in [0.1, 0.15) is 284 Å². The van der Waals surface area contributed by atoms with Crippen LogP contribution in [0.15, 0.2) is 36.5 Å². The van der Waals surface area contributed by atoms with E-state index in [1.807, 2.05) is 0 Å². The van der Waals surface area contributed by atoms with E-state index in [0.29, 0.717) is 12.8 Å². The Kier molecular flexibility index (Phi) is 48.8. The number of amides is 1. The Labute approximate surface area is 363 Å². The molecule has 0 saturated heterocycles. The number of carbonyl (C=O) groups is 1. The van der Waals surface area contributed by atoms with Gasteiger partial charge in [-0.05, 0) is 51.4 Å². The molecule has 2 atom stereocenters. The lowest BCUT2D eigenvalue weighted by atomic mass is 10.0. The summed E-state index contributed by atoms with van der Waals surface area (Å²) in [6.45, 7) is 4.37. The molecule has 0 aliphatic carbocycles. The third kappa shape index (κ3) is 45.7. The molecule has 4 nitrogen and oxygen atoms in total. The minimum absolute atomic E-state index is 0.0307. The molecule has 0 saturated carbocycles. The standard InChI is InChI=1S/C54H103NO3/c1-3-5-7-9-11-13-15-17-19-21-23-24-25-26-27-28-29-30-32-34-36-38-40-42-44-46-48-50-54(58)55-52(51-56)53(57)49-47-45-43-41-39-37-35-33-31-22-20-18-16-14-12-10-8-6-4-2/h15,17,21,23,25-26,52-53,56-57H,3-14,16,18-20,22,24,27-51H2,1-2H3,(H,55,58)/b17-15-,23-21-,26-25-. The molecule has 0 radical (unpaired) electrons. The number of aliphatic hydroxyl groups is 2. The normalized spacial score (nSPS) is 13.1. The lowest BCUT2D eigenvalue weighted by molar-refractivity contribution is -0.123. The number of allylic oxidation sites excluding steroid dienone is 6. The maximum Gasteiger partial charge on any atom is 0.220 e. The van der Waals surface area contributed by atoms with Crippen molar-refractivity contribution in [3.05, 3.63) is 36.5 Å². The molecule has 0 aromatic rings. The van der Waals surface area contributed by atoms with Crippen LogP contribution in [0.4, 0.5) is 0 Å². The first-order valence-electron chi connectivity index (χ1n) is 26.2. The van der Waals surface area contributed by atoms with E-state index < -0.39 is 12.1 Å². The maximum atomic E-state index is 12.5. The monoisotopic (exact) mass is 814 g/mol. The Morgan fingerprint density at radius 2 is 0.707 bits per heavy atom. The SMILES string of the molecule is CCCCCCC/C=C\C/C=C\C/C=C\CCCCCCCCCCCCCCC(=O)NC(CO)C(O)CCCCCCCCCCCCCCCCCCCCC. The van der Waals surface area contributed by atoms with Gasteiger partial charge in [0.15, 0.2) is 0 Å². The largest absolute Gasteiger partial charge is 0.394 e. The smallest absolute Gasteiger partial charge is 0.220 e. The summed E-state index contributed by atoms with van der Waals surface area (Å²) in [5, 5.41) is 23.3. The van der Waals surface area contributed by atoms with Gasteiger partial charge >= 0.3 is 0 Å². The van der Waals surface area contributed by atoms with E-state index in [2.05, 4.69) is 55.6 Å². The van der Waals surface area contributed by atoms with E-state index in [9.17, 15) is 15.0 Å². The third-order valence-electron chi connectivity index (χ3n) is 12.2. The summed E-state index contributed by atoms with van der Waals surface area (Å²) in [4.78, 5) is 12.5. The zero-order valence-corrected chi connectivity index (χ0v) is 39.3. The second-order valence-corrected chi connectivity index (χ2v) is 17.9. The van der Waals surface area contributed by atoms with Crippen LogP contribution in [0.5, 0.6) is 0 Å². The van der Waals surface area contributed by atoms with Crippen LogP contribution >= 0.6 is 0 Å². The molecule has 0 rings (SSSR count). The number of carbonyl (C=O) groups excluding carboxylic acids is 1. The van der Waals surface area contributed by atoms with Gasteiger partial charge in [-0.15, -0.1) is 0 Å². The molecular weight excluding hydrogens is 711 g/mol. The molecule has 0 aliphatic heterocycles. The van der Waals surface area contributed by atoms with Gasteiger partial charge in [0.2, 0.25) is 5.91 Å². The van der Waals surface area contributed by atoms with Gasteiger partial charge in [0.1, 0.15) is 0 Å². The fourth-order valence-corrected chi connectivity index (χ4v) is 8.13. The lowest BCUT2D eigenvalue weighted by Crippen LogP contribution is -2.45. The summed E-state index contributed by atoms with van der Waals surface area (Å²) >= 11 is 0. The first-order valence-corrected chi connectivity index (χ1v) is 26.2. The predicted molar refractivity (Wildman–Crippen MR) is 258 cm³/mol. The zero-order valence-electron chi connectivity index (χ0n) is 39.3. The Balaban J connectivity index is 3.48. The predicted octanol–water partition coefficient (Wildman–Crippen LogP) is 16.9. The van der Waals surface area contributed by atoms with Gasteiger partial charge in [0, 0.05) is 6.42 Å².